The van der Waals surface area contributed by atoms with Crippen LogP contribution in [-0.2, 0) is 13.1 Å². The molecular formula is C23H18N2O4. The molecule has 3 heterocycles. The van der Waals surface area contributed by atoms with E-state index < -0.39 is 11.2 Å². The van der Waals surface area contributed by atoms with Crippen LogP contribution in [0.3, 0.4) is 0 Å². The van der Waals surface area contributed by atoms with Crippen LogP contribution in [-0.4, -0.2) is 9.13 Å². The van der Waals surface area contributed by atoms with Crippen LogP contribution in [0, 0.1) is 6.92 Å². The van der Waals surface area contributed by atoms with Gasteiger partial charge in [-0.05, 0) is 36.8 Å². The molecule has 5 rings (SSSR count). The lowest BCUT2D eigenvalue weighted by Gasteiger charge is -2.12. The van der Waals surface area contributed by atoms with Gasteiger partial charge >= 0.3 is 5.69 Å². The van der Waals surface area contributed by atoms with Crippen molar-refractivity contribution in [3.63, 3.8) is 0 Å². The van der Waals surface area contributed by atoms with E-state index in [-0.39, 0.29) is 12.1 Å². The highest BCUT2D eigenvalue weighted by atomic mass is 16.3. The molecule has 0 aliphatic rings. The van der Waals surface area contributed by atoms with Gasteiger partial charge in [-0.25, -0.2) is 9.36 Å². The number of aryl methyl sites for hydroxylation is 1. The fraction of sp³-hybridized carbons (Fsp3) is 0.130. The number of furan rings is 2. The summed E-state index contributed by atoms with van der Waals surface area (Å²) in [5, 5.41) is 0.745. The molecule has 6 nitrogen and oxygen atoms in total. The molecule has 0 aliphatic carbocycles. The summed E-state index contributed by atoms with van der Waals surface area (Å²) in [5.74, 6) is 0.529. The number of para-hydroxylation sites is 1. The second-order valence-corrected chi connectivity index (χ2v) is 7.10. The number of aromatic nitrogens is 2. The number of nitrogens with zero attached hydrogens (tertiary/aromatic N) is 2. The average Bonchev–Trinajstić information content (AvgIpc) is 3.36. The molecule has 3 aromatic heterocycles. The van der Waals surface area contributed by atoms with Gasteiger partial charge in [0.15, 0.2) is 0 Å². The van der Waals surface area contributed by atoms with Crippen molar-refractivity contribution in [2.75, 3.05) is 0 Å². The lowest BCUT2D eigenvalue weighted by molar-refractivity contribution is 0.477. The Kier molecular flexibility index (Phi) is 3.98. The van der Waals surface area contributed by atoms with Crippen molar-refractivity contribution < 1.29 is 8.83 Å². The zero-order valence-corrected chi connectivity index (χ0v) is 15.8. The van der Waals surface area contributed by atoms with Gasteiger partial charge in [0.25, 0.3) is 5.56 Å². The monoisotopic (exact) mass is 386 g/mol. The second-order valence-electron chi connectivity index (χ2n) is 7.10. The Hall–Kier alpha value is -3.80. The first kappa shape index (κ1) is 17.3. The van der Waals surface area contributed by atoms with Crippen molar-refractivity contribution in [3.05, 3.63) is 105 Å². The molecule has 0 saturated heterocycles. The van der Waals surface area contributed by atoms with Crippen molar-refractivity contribution >= 4 is 22.1 Å². The molecule has 5 aromatic rings. The number of rotatable bonds is 4. The maximum Gasteiger partial charge on any atom is 0.332 e. The maximum atomic E-state index is 13.4. The molecule has 0 unspecified atom stereocenters. The van der Waals surface area contributed by atoms with Gasteiger partial charge in [0.05, 0.1) is 19.4 Å². The summed E-state index contributed by atoms with van der Waals surface area (Å²) < 4.78 is 14.0. The van der Waals surface area contributed by atoms with Gasteiger partial charge in [-0.2, -0.15) is 0 Å². The van der Waals surface area contributed by atoms with E-state index in [1.165, 1.54) is 10.8 Å². The third-order valence-corrected chi connectivity index (χ3v) is 5.06. The fourth-order valence-corrected chi connectivity index (χ4v) is 3.73. The van der Waals surface area contributed by atoms with Crippen molar-refractivity contribution in [1.29, 1.82) is 0 Å². The van der Waals surface area contributed by atoms with Gasteiger partial charge in [0, 0.05) is 5.39 Å². The minimum Gasteiger partial charge on any atom is -0.467 e. The average molecular weight is 386 g/mol. The van der Waals surface area contributed by atoms with E-state index in [1.54, 1.807) is 22.8 Å². The van der Waals surface area contributed by atoms with E-state index in [4.69, 9.17) is 8.83 Å². The molecule has 0 amide bonds. The first-order chi connectivity index (χ1) is 14.1. The molecule has 0 aliphatic heterocycles. The highest BCUT2D eigenvalue weighted by Gasteiger charge is 2.20. The van der Waals surface area contributed by atoms with Crippen LogP contribution in [0.25, 0.3) is 22.1 Å². The summed E-state index contributed by atoms with van der Waals surface area (Å²) in [5.41, 5.74) is 2.49. The van der Waals surface area contributed by atoms with E-state index in [9.17, 15) is 9.59 Å². The summed E-state index contributed by atoms with van der Waals surface area (Å²) in [6.07, 6.45) is 1.52. The third kappa shape index (κ3) is 2.89. The molecule has 0 fully saturated rings. The van der Waals surface area contributed by atoms with Crippen molar-refractivity contribution in [2.24, 2.45) is 0 Å². The Balaban J connectivity index is 1.82. The first-order valence-corrected chi connectivity index (χ1v) is 9.34. The third-order valence-electron chi connectivity index (χ3n) is 5.06. The normalized spacial score (nSPS) is 11.5. The predicted molar refractivity (Wildman–Crippen MR) is 110 cm³/mol. The number of hydrogen-bond acceptors (Lipinski definition) is 4. The molecule has 6 heteroatoms. The van der Waals surface area contributed by atoms with Gasteiger partial charge in [-0.15, -0.1) is 0 Å². The van der Waals surface area contributed by atoms with E-state index >= 15 is 0 Å². The highest BCUT2D eigenvalue weighted by molar-refractivity contribution is 6.02. The fourth-order valence-electron chi connectivity index (χ4n) is 3.73. The van der Waals surface area contributed by atoms with Crippen molar-refractivity contribution in [1.82, 2.24) is 9.13 Å². The van der Waals surface area contributed by atoms with Crippen LogP contribution in [0.2, 0.25) is 0 Å². The zero-order valence-electron chi connectivity index (χ0n) is 15.8. The Morgan fingerprint density at radius 1 is 0.897 bits per heavy atom. The van der Waals surface area contributed by atoms with E-state index in [0.717, 1.165) is 16.5 Å². The minimum atomic E-state index is -0.460. The molecule has 0 bridgehead atoms. The van der Waals surface area contributed by atoms with E-state index in [0.29, 0.717) is 23.4 Å². The van der Waals surface area contributed by atoms with Gasteiger partial charge in [0.1, 0.15) is 16.9 Å². The second kappa shape index (κ2) is 6.67. The van der Waals surface area contributed by atoms with Gasteiger partial charge in [-0.1, -0.05) is 42.0 Å². The Labute approximate surface area is 165 Å². The summed E-state index contributed by atoms with van der Waals surface area (Å²) in [4.78, 5) is 26.5. The minimum absolute atomic E-state index is 0.0471. The lowest BCUT2D eigenvalue weighted by atomic mass is 10.1. The van der Waals surface area contributed by atoms with Crippen LogP contribution in [0.15, 0.2) is 85.4 Å². The largest absolute Gasteiger partial charge is 0.467 e. The van der Waals surface area contributed by atoms with E-state index in [1.807, 2.05) is 49.4 Å². The lowest BCUT2D eigenvalue weighted by Crippen LogP contribution is -2.40. The molecule has 0 saturated carbocycles. The van der Waals surface area contributed by atoms with Crippen LogP contribution in [0.4, 0.5) is 0 Å². The number of benzene rings is 2. The predicted octanol–water partition coefficient (Wildman–Crippen LogP) is 3.91. The topological polar surface area (TPSA) is 70.3 Å². The van der Waals surface area contributed by atoms with Gasteiger partial charge in [0.2, 0.25) is 5.58 Å². The van der Waals surface area contributed by atoms with Gasteiger partial charge < -0.3 is 8.83 Å². The van der Waals surface area contributed by atoms with Crippen LogP contribution in [0.1, 0.15) is 16.9 Å². The molecule has 29 heavy (non-hydrogen) atoms. The molecule has 0 spiro atoms. The standard InChI is InChI=1S/C23H18N2O4/c1-15-6-4-7-16(12-15)13-24-20-18-9-2-3-10-19(18)29-21(20)22(26)25(23(24)27)14-17-8-5-11-28-17/h2-12H,13-14H2,1H3. The number of fused-ring (bicyclic) bond motifs is 3. The summed E-state index contributed by atoms with van der Waals surface area (Å²) in [6.45, 7) is 2.39. The summed E-state index contributed by atoms with van der Waals surface area (Å²) in [6, 6.07) is 18.8. The molecule has 144 valence electrons. The molecular weight excluding hydrogens is 368 g/mol. The van der Waals surface area contributed by atoms with Crippen molar-refractivity contribution in [2.45, 2.75) is 20.0 Å². The molecule has 2 aromatic carbocycles. The summed E-state index contributed by atoms with van der Waals surface area (Å²) in [7, 11) is 0. The Bertz CT molecular complexity index is 1450. The highest BCUT2D eigenvalue weighted by Crippen LogP contribution is 2.26. The SMILES string of the molecule is Cc1cccc(Cn2c(=O)n(Cc3ccco3)c(=O)c3oc4ccccc4c32)c1. The number of hydrogen-bond donors (Lipinski definition) is 0. The first-order valence-electron chi connectivity index (χ1n) is 9.34. The van der Waals surface area contributed by atoms with Crippen LogP contribution in [0.5, 0.6) is 0 Å². The Morgan fingerprint density at radius 2 is 1.76 bits per heavy atom. The van der Waals surface area contributed by atoms with Crippen LogP contribution >= 0.6 is 0 Å². The smallest absolute Gasteiger partial charge is 0.332 e. The van der Waals surface area contributed by atoms with E-state index in [2.05, 4.69) is 0 Å². The molecule has 0 N–H and O–H groups in total. The van der Waals surface area contributed by atoms with Crippen LogP contribution < -0.4 is 11.2 Å². The maximum absolute atomic E-state index is 13.4. The summed E-state index contributed by atoms with van der Waals surface area (Å²) >= 11 is 0. The quantitative estimate of drug-likeness (QED) is 0.470. The van der Waals surface area contributed by atoms with Crippen molar-refractivity contribution in [3.8, 4) is 0 Å². The molecule has 0 atom stereocenters. The van der Waals surface area contributed by atoms with Gasteiger partial charge in [-0.3, -0.25) is 9.36 Å². The Morgan fingerprint density at radius 3 is 2.55 bits per heavy atom. The zero-order chi connectivity index (χ0) is 20.0. The molecule has 0 radical (unpaired) electrons.